The van der Waals surface area contributed by atoms with E-state index in [0.717, 1.165) is 31.4 Å². The Labute approximate surface area is 120 Å². The number of aryl methyl sites for hydroxylation is 1. The largest absolute Gasteiger partial charge is 0.497 e. The van der Waals surface area contributed by atoms with Gasteiger partial charge in [0.2, 0.25) is 0 Å². The van der Waals surface area contributed by atoms with E-state index in [1.165, 1.54) is 11.1 Å². The van der Waals surface area contributed by atoms with E-state index in [-0.39, 0.29) is 6.04 Å². The van der Waals surface area contributed by atoms with Crippen LogP contribution in [0.4, 0.5) is 0 Å². The van der Waals surface area contributed by atoms with Gasteiger partial charge < -0.3 is 15.2 Å². The van der Waals surface area contributed by atoms with E-state index < -0.39 is 12.0 Å². The van der Waals surface area contributed by atoms with E-state index in [9.17, 15) is 9.90 Å². The molecule has 4 nitrogen and oxygen atoms in total. The highest BCUT2D eigenvalue weighted by molar-refractivity contribution is 5.73. The molecule has 0 fully saturated rings. The topological polar surface area (TPSA) is 58.6 Å². The van der Waals surface area contributed by atoms with Crippen LogP contribution in [-0.2, 0) is 17.6 Å². The molecule has 2 rings (SSSR count). The molecule has 20 heavy (non-hydrogen) atoms. The highest BCUT2D eigenvalue weighted by atomic mass is 16.5. The summed E-state index contributed by atoms with van der Waals surface area (Å²) in [6.07, 6.45) is 4.42. The highest BCUT2D eigenvalue weighted by Crippen LogP contribution is 2.26. The summed E-state index contributed by atoms with van der Waals surface area (Å²) in [5.41, 5.74) is 2.62. The molecular formula is C16H23NO3. The van der Waals surface area contributed by atoms with E-state index in [2.05, 4.69) is 17.4 Å². The normalized spacial score (nSPS) is 19.2. The van der Waals surface area contributed by atoms with E-state index in [0.29, 0.717) is 6.42 Å². The van der Waals surface area contributed by atoms with Gasteiger partial charge in [-0.2, -0.15) is 0 Å². The maximum absolute atomic E-state index is 11.2. The zero-order valence-electron chi connectivity index (χ0n) is 12.2. The van der Waals surface area contributed by atoms with Crippen molar-refractivity contribution in [2.45, 2.75) is 51.1 Å². The second-order valence-electron chi connectivity index (χ2n) is 5.42. The molecule has 1 unspecified atom stereocenters. The smallest absolute Gasteiger partial charge is 0.320 e. The van der Waals surface area contributed by atoms with Crippen LogP contribution in [0.25, 0.3) is 0 Å². The van der Waals surface area contributed by atoms with Crippen molar-refractivity contribution in [2.75, 3.05) is 7.11 Å². The molecule has 0 bridgehead atoms. The zero-order valence-corrected chi connectivity index (χ0v) is 12.2. The minimum absolute atomic E-state index is 0.238. The molecule has 0 heterocycles. The third-order valence-corrected chi connectivity index (χ3v) is 3.95. The molecule has 1 aliphatic carbocycles. The van der Waals surface area contributed by atoms with Gasteiger partial charge in [-0.25, -0.2) is 0 Å². The number of nitrogens with one attached hydrogen (secondary N) is 1. The molecule has 4 heteroatoms. The molecule has 0 saturated heterocycles. The molecule has 1 aromatic rings. The number of hydrogen-bond acceptors (Lipinski definition) is 3. The molecule has 2 atom stereocenters. The van der Waals surface area contributed by atoms with Gasteiger partial charge in [0.1, 0.15) is 11.8 Å². The van der Waals surface area contributed by atoms with Gasteiger partial charge in [-0.15, -0.1) is 0 Å². The minimum Gasteiger partial charge on any atom is -0.497 e. The van der Waals surface area contributed by atoms with Crippen molar-refractivity contribution >= 4 is 5.97 Å². The van der Waals surface area contributed by atoms with Gasteiger partial charge in [0.15, 0.2) is 0 Å². The molecule has 1 aliphatic rings. The number of fused-ring (bicyclic) bond motifs is 1. The van der Waals surface area contributed by atoms with Crippen molar-refractivity contribution in [3.05, 3.63) is 29.3 Å². The average Bonchev–Trinajstić information content (AvgIpc) is 2.45. The summed E-state index contributed by atoms with van der Waals surface area (Å²) in [4.78, 5) is 11.2. The first-order chi connectivity index (χ1) is 9.63. The fraction of sp³-hybridized carbons (Fsp3) is 0.562. The van der Waals surface area contributed by atoms with E-state index in [4.69, 9.17) is 4.74 Å². The van der Waals surface area contributed by atoms with Crippen molar-refractivity contribution in [1.29, 1.82) is 0 Å². The van der Waals surface area contributed by atoms with Gasteiger partial charge in [0, 0.05) is 6.04 Å². The number of ether oxygens (including phenoxy) is 1. The molecule has 0 aliphatic heterocycles. The van der Waals surface area contributed by atoms with Crippen molar-refractivity contribution in [1.82, 2.24) is 5.32 Å². The number of carboxylic acids is 1. The van der Waals surface area contributed by atoms with Crippen molar-refractivity contribution in [2.24, 2.45) is 0 Å². The van der Waals surface area contributed by atoms with Crippen molar-refractivity contribution < 1.29 is 14.6 Å². The Bertz CT molecular complexity index is 473. The van der Waals surface area contributed by atoms with Crippen LogP contribution in [0.5, 0.6) is 5.75 Å². The SMILES string of the molecule is CCC[C@H](NC1CCc2ccc(OC)cc2C1)C(=O)O. The fourth-order valence-electron chi connectivity index (χ4n) is 2.85. The van der Waals surface area contributed by atoms with Crippen molar-refractivity contribution in [3.8, 4) is 5.75 Å². The van der Waals surface area contributed by atoms with Crippen LogP contribution in [-0.4, -0.2) is 30.3 Å². The predicted molar refractivity (Wildman–Crippen MR) is 78.3 cm³/mol. The first kappa shape index (κ1) is 14.9. The van der Waals surface area contributed by atoms with Crippen LogP contribution in [0.1, 0.15) is 37.3 Å². The van der Waals surface area contributed by atoms with Gasteiger partial charge in [-0.1, -0.05) is 19.4 Å². The van der Waals surface area contributed by atoms with E-state index >= 15 is 0 Å². The fourth-order valence-corrected chi connectivity index (χ4v) is 2.85. The third kappa shape index (κ3) is 3.51. The summed E-state index contributed by atoms with van der Waals surface area (Å²) < 4.78 is 5.26. The number of methoxy groups -OCH3 is 1. The lowest BCUT2D eigenvalue weighted by Crippen LogP contribution is -2.45. The number of rotatable bonds is 6. The van der Waals surface area contributed by atoms with Gasteiger partial charge in [0.05, 0.1) is 7.11 Å². The van der Waals surface area contributed by atoms with Crippen LogP contribution >= 0.6 is 0 Å². The lowest BCUT2D eigenvalue weighted by Gasteiger charge is -2.28. The Balaban J connectivity index is 2.04. The van der Waals surface area contributed by atoms with Crippen LogP contribution in [0.15, 0.2) is 18.2 Å². The molecule has 0 spiro atoms. The van der Waals surface area contributed by atoms with Gasteiger partial charge >= 0.3 is 5.97 Å². The molecule has 2 N–H and O–H groups in total. The summed E-state index contributed by atoms with van der Waals surface area (Å²) in [7, 11) is 1.67. The number of carboxylic acid groups (broad SMARTS) is 1. The Morgan fingerprint density at radius 1 is 1.50 bits per heavy atom. The second kappa shape index (κ2) is 6.75. The minimum atomic E-state index is -0.747. The maximum atomic E-state index is 11.2. The number of aliphatic carboxylic acids is 1. The maximum Gasteiger partial charge on any atom is 0.320 e. The summed E-state index contributed by atoms with van der Waals surface area (Å²) >= 11 is 0. The second-order valence-corrected chi connectivity index (χ2v) is 5.42. The van der Waals surface area contributed by atoms with E-state index in [1.54, 1.807) is 7.11 Å². The summed E-state index contributed by atoms with van der Waals surface area (Å²) in [6.45, 7) is 2.01. The Kier molecular flexibility index (Phi) is 5.01. The molecule has 0 amide bonds. The Morgan fingerprint density at radius 3 is 2.95 bits per heavy atom. The Morgan fingerprint density at radius 2 is 2.30 bits per heavy atom. The molecule has 1 aromatic carbocycles. The quantitative estimate of drug-likeness (QED) is 0.838. The zero-order chi connectivity index (χ0) is 14.5. The first-order valence-electron chi connectivity index (χ1n) is 7.28. The lowest BCUT2D eigenvalue weighted by molar-refractivity contribution is -0.139. The highest BCUT2D eigenvalue weighted by Gasteiger charge is 2.24. The molecule has 110 valence electrons. The molecule has 0 radical (unpaired) electrons. The standard InChI is InChI=1S/C16H23NO3/c1-3-4-15(16(18)19)17-13-7-5-11-6-8-14(20-2)10-12(11)9-13/h6,8,10,13,15,17H,3-5,7,9H2,1-2H3,(H,18,19)/t13?,15-/m0/s1. The average molecular weight is 277 g/mol. The van der Waals surface area contributed by atoms with E-state index in [1.807, 2.05) is 13.0 Å². The van der Waals surface area contributed by atoms with Gasteiger partial charge in [-0.3, -0.25) is 4.79 Å². The summed E-state index contributed by atoms with van der Waals surface area (Å²) in [5.74, 6) is 0.121. The van der Waals surface area contributed by atoms with Crippen LogP contribution in [0.3, 0.4) is 0 Å². The summed E-state index contributed by atoms with van der Waals surface area (Å²) in [5, 5.41) is 12.5. The first-order valence-corrected chi connectivity index (χ1v) is 7.28. The third-order valence-electron chi connectivity index (χ3n) is 3.95. The van der Waals surface area contributed by atoms with Gasteiger partial charge in [-0.05, 0) is 48.9 Å². The predicted octanol–water partition coefficient (Wildman–Crippen LogP) is 2.40. The number of hydrogen-bond donors (Lipinski definition) is 2. The molecule has 0 saturated carbocycles. The molecule has 0 aromatic heterocycles. The summed E-state index contributed by atoms with van der Waals surface area (Å²) in [6, 6.07) is 5.98. The number of carbonyl (C=O) groups is 1. The Hall–Kier alpha value is -1.55. The number of benzene rings is 1. The van der Waals surface area contributed by atoms with Crippen LogP contribution in [0.2, 0.25) is 0 Å². The van der Waals surface area contributed by atoms with Gasteiger partial charge in [0.25, 0.3) is 0 Å². The van der Waals surface area contributed by atoms with Crippen LogP contribution < -0.4 is 10.1 Å². The monoisotopic (exact) mass is 277 g/mol. The van der Waals surface area contributed by atoms with Crippen LogP contribution in [0, 0.1) is 0 Å². The molecular weight excluding hydrogens is 254 g/mol. The lowest BCUT2D eigenvalue weighted by atomic mass is 9.87. The van der Waals surface area contributed by atoms with Crippen molar-refractivity contribution in [3.63, 3.8) is 0 Å².